The molecule has 3 heteroatoms. The molecule has 3 nitrogen and oxygen atoms in total. The molecule has 1 N–H and O–H groups in total. The number of nitrogens with zero attached hydrogens (tertiary/aromatic N) is 1. The van der Waals surface area contributed by atoms with E-state index >= 15 is 0 Å². The molecule has 0 aromatic rings. The Morgan fingerprint density at radius 3 is 2.61 bits per heavy atom. The first-order valence-electron chi connectivity index (χ1n) is 7.48. The van der Waals surface area contributed by atoms with Gasteiger partial charge < -0.3 is 9.84 Å². The topological polar surface area (TPSA) is 32.7 Å². The van der Waals surface area contributed by atoms with Crippen LogP contribution in [0.3, 0.4) is 0 Å². The molecule has 0 aliphatic heterocycles. The van der Waals surface area contributed by atoms with Crippen LogP contribution in [0.25, 0.3) is 0 Å². The van der Waals surface area contributed by atoms with Crippen LogP contribution in [0.5, 0.6) is 0 Å². The molecule has 18 heavy (non-hydrogen) atoms. The summed E-state index contributed by atoms with van der Waals surface area (Å²) in [5.74, 6) is 0. The summed E-state index contributed by atoms with van der Waals surface area (Å²) >= 11 is 0. The molecule has 3 atom stereocenters. The van der Waals surface area contributed by atoms with Crippen molar-refractivity contribution in [2.24, 2.45) is 5.41 Å². The lowest BCUT2D eigenvalue weighted by Crippen LogP contribution is -2.53. The van der Waals surface area contributed by atoms with Gasteiger partial charge >= 0.3 is 0 Å². The van der Waals surface area contributed by atoms with Crippen LogP contribution >= 0.6 is 0 Å². The van der Waals surface area contributed by atoms with Crippen molar-refractivity contribution in [1.29, 1.82) is 0 Å². The van der Waals surface area contributed by atoms with E-state index in [9.17, 15) is 5.11 Å². The summed E-state index contributed by atoms with van der Waals surface area (Å²) in [7, 11) is 3.98. The van der Waals surface area contributed by atoms with E-state index in [0.29, 0.717) is 17.5 Å². The fourth-order valence-corrected chi connectivity index (χ4v) is 4.17. The number of ether oxygens (including phenoxy) is 1. The molecule has 1 spiro atoms. The van der Waals surface area contributed by atoms with Crippen molar-refractivity contribution in [3.05, 3.63) is 0 Å². The van der Waals surface area contributed by atoms with Gasteiger partial charge in [0.25, 0.3) is 0 Å². The van der Waals surface area contributed by atoms with Gasteiger partial charge in [-0.05, 0) is 51.5 Å². The number of hydrogen-bond acceptors (Lipinski definition) is 3. The molecular formula is C15H29NO2. The molecule has 106 valence electrons. The third kappa shape index (κ3) is 2.73. The van der Waals surface area contributed by atoms with E-state index in [4.69, 9.17) is 4.74 Å². The maximum absolute atomic E-state index is 10.0. The first-order valence-corrected chi connectivity index (χ1v) is 7.48. The molecular weight excluding hydrogens is 226 g/mol. The number of likely N-dealkylation sites (N-methyl/N-ethyl adjacent to an activating group) is 1. The predicted octanol–water partition coefficient (Wildman–Crippen LogP) is 2.43. The third-order valence-corrected chi connectivity index (χ3v) is 5.37. The Balaban J connectivity index is 2.09. The van der Waals surface area contributed by atoms with Crippen molar-refractivity contribution >= 4 is 0 Å². The highest BCUT2D eigenvalue weighted by Gasteiger charge is 2.47. The van der Waals surface area contributed by atoms with Crippen molar-refractivity contribution in [1.82, 2.24) is 4.90 Å². The van der Waals surface area contributed by atoms with Gasteiger partial charge in [0.15, 0.2) is 0 Å². The van der Waals surface area contributed by atoms with Gasteiger partial charge in [-0.2, -0.15) is 0 Å². The SMILES string of the molecule is COCC(C)N(C)C1CC(O)CCC12CCCC2. The normalized spacial score (nSPS) is 33.2. The van der Waals surface area contributed by atoms with Crippen LogP contribution < -0.4 is 0 Å². The number of aliphatic hydroxyl groups is 1. The Morgan fingerprint density at radius 2 is 2.00 bits per heavy atom. The van der Waals surface area contributed by atoms with Gasteiger partial charge in [0.2, 0.25) is 0 Å². The highest BCUT2D eigenvalue weighted by atomic mass is 16.5. The monoisotopic (exact) mass is 255 g/mol. The zero-order valence-electron chi connectivity index (χ0n) is 12.2. The van der Waals surface area contributed by atoms with Crippen molar-refractivity contribution in [2.75, 3.05) is 20.8 Å². The van der Waals surface area contributed by atoms with Gasteiger partial charge in [-0.25, -0.2) is 0 Å². The van der Waals surface area contributed by atoms with Crippen molar-refractivity contribution in [3.8, 4) is 0 Å². The van der Waals surface area contributed by atoms with E-state index in [1.54, 1.807) is 7.11 Å². The first kappa shape index (κ1) is 14.3. The van der Waals surface area contributed by atoms with Crippen LogP contribution in [-0.2, 0) is 4.74 Å². The van der Waals surface area contributed by atoms with Crippen molar-refractivity contribution < 1.29 is 9.84 Å². The minimum Gasteiger partial charge on any atom is -0.393 e. The predicted molar refractivity (Wildman–Crippen MR) is 73.6 cm³/mol. The van der Waals surface area contributed by atoms with E-state index in [1.165, 1.54) is 32.1 Å². The second-order valence-electron chi connectivity index (χ2n) is 6.48. The van der Waals surface area contributed by atoms with Crippen LogP contribution in [0.15, 0.2) is 0 Å². The Kier molecular flexibility index (Phi) is 4.68. The summed E-state index contributed by atoms with van der Waals surface area (Å²) in [5, 5.41) is 10.0. The summed E-state index contributed by atoms with van der Waals surface area (Å²) in [4.78, 5) is 2.47. The second-order valence-corrected chi connectivity index (χ2v) is 6.48. The Labute approximate surface area is 112 Å². The quantitative estimate of drug-likeness (QED) is 0.837. The maximum atomic E-state index is 10.0. The Bertz CT molecular complexity index is 263. The van der Waals surface area contributed by atoms with E-state index in [2.05, 4.69) is 18.9 Å². The molecule has 0 amide bonds. The minimum atomic E-state index is -0.0987. The number of rotatable bonds is 4. The number of methoxy groups -OCH3 is 1. The van der Waals surface area contributed by atoms with Gasteiger partial charge in [-0.15, -0.1) is 0 Å². The van der Waals surface area contributed by atoms with Gasteiger partial charge in [0.05, 0.1) is 12.7 Å². The lowest BCUT2D eigenvalue weighted by Gasteiger charge is -2.49. The smallest absolute Gasteiger partial charge is 0.0615 e. The largest absolute Gasteiger partial charge is 0.393 e. The zero-order chi connectivity index (χ0) is 13.2. The molecule has 2 aliphatic carbocycles. The van der Waals surface area contributed by atoms with Gasteiger partial charge in [0, 0.05) is 19.2 Å². The van der Waals surface area contributed by atoms with Gasteiger partial charge in [0.1, 0.15) is 0 Å². The van der Waals surface area contributed by atoms with Gasteiger partial charge in [-0.3, -0.25) is 4.90 Å². The lowest BCUT2D eigenvalue weighted by molar-refractivity contribution is -0.0399. The van der Waals surface area contributed by atoms with E-state index in [-0.39, 0.29) is 6.10 Å². The third-order valence-electron chi connectivity index (χ3n) is 5.37. The Hall–Kier alpha value is -0.120. The molecule has 0 heterocycles. The molecule has 0 aromatic carbocycles. The molecule has 0 aromatic heterocycles. The summed E-state index contributed by atoms with van der Waals surface area (Å²) in [6.07, 6.45) is 8.52. The highest BCUT2D eigenvalue weighted by molar-refractivity contribution is 5.00. The molecule has 3 unspecified atom stereocenters. The molecule has 2 saturated carbocycles. The van der Waals surface area contributed by atoms with Crippen LogP contribution in [0, 0.1) is 5.41 Å². The molecule has 2 aliphatic rings. The number of hydrogen-bond donors (Lipinski definition) is 1. The zero-order valence-corrected chi connectivity index (χ0v) is 12.2. The minimum absolute atomic E-state index is 0.0987. The average Bonchev–Trinajstić information content (AvgIpc) is 2.81. The second kappa shape index (κ2) is 5.89. The fourth-order valence-electron chi connectivity index (χ4n) is 4.17. The van der Waals surface area contributed by atoms with Crippen LogP contribution in [0.4, 0.5) is 0 Å². The lowest BCUT2D eigenvalue weighted by atomic mass is 9.67. The molecule has 0 radical (unpaired) electrons. The molecule has 2 fully saturated rings. The summed E-state index contributed by atoms with van der Waals surface area (Å²) < 4.78 is 5.29. The summed E-state index contributed by atoms with van der Waals surface area (Å²) in [6, 6.07) is 0.969. The molecule has 0 saturated heterocycles. The van der Waals surface area contributed by atoms with E-state index in [0.717, 1.165) is 19.4 Å². The van der Waals surface area contributed by atoms with Crippen molar-refractivity contribution in [3.63, 3.8) is 0 Å². The first-order chi connectivity index (χ1) is 8.59. The van der Waals surface area contributed by atoms with E-state index in [1.807, 2.05) is 0 Å². The van der Waals surface area contributed by atoms with E-state index < -0.39 is 0 Å². The standard InChI is InChI=1S/C15H29NO2/c1-12(11-18-3)16(2)14-10-13(17)6-9-15(14)7-4-5-8-15/h12-14,17H,4-11H2,1-3H3. The fraction of sp³-hybridized carbons (Fsp3) is 1.00. The molecule has 0 bridgehead atoms. The average molecular weight is 255 g/mol. The molecule has 2 rings (SSSR count). The van der Waals surface area contributed by atoms with Crippen LogP contribution in [-0.4, -0.2) is 49.0 Å². The number of aliphatic hydroxyl groups excluding tert-OH is 1. The van der Waals surface area contributed by atoms with Gasteiger partial charge in [-0.1, -0.05) is 12.8 Å². The Morgan fingerprint density at radius 1 is 1.33 bits per heavy atom. The summed E-state index contributed by atoms with van der Waals surface area (Å²) in [6.45, 7) is 3.01. The van der Waals surface area contributed by atoms with Crippen LogP contribution in [0.1, 0.15) is 51.9 Å². The van der Waals surface area contributed by atoms with Crippen molar-refractivity contribution in [2.45, 2.75) is 70.1 Å². The highest BCUT2D eigenvalue weighted by Crippen LogP contribution is 2.50. The van der Waals surface area contributed by atoms with Crippen LogP contribution in [0.2, 0.25) is 0 Å². The maximum Gasteiger partial charge on any atom is 0.0615 e. The summed E-state index contributed by atoms with van der Waals surface area (Å²) in [5.41, 5.74) is 0.482.